The summed E-state index contributed by atoms with van der Waals surface area (Å²) in [6.07, 6.45) is -0.711. The SMILES string of the molecule is CC1(C)COC([C@@H]2[C@H]([C@H](O)c3ccccc3)N2C(c2ccccc2)(c2ccccc2)c2ccccc2)=N1. The quantitative estimate of drug-likeness (QED) is 0.257. The first-order valence-corrected chi connectivity index (χ1v) is 12.9. The molecule has 4 heteroatoms. The van der Waals surface area contributed by atoms with Crippen LogP contribution in [0.25, 0.3) is 0 Å². The molecule has 0 spiro atoms. The van der Waals surface area contributed by atoms with E-state index in [1.807, 2.05) is 48.5 Å². The predicted molar refractivity (Wildman–Crippen MR) is 147 cm³/mol. The van der Waals surface area contributed by atoms with E-state index >= 15 is 0 Å². The van der Waals surface area contributed by atoms with Gasteiger partial charge in [0.05, 0.1) is 23.2 Å². The molecule has 0 amide bonds. The zero-order chi connectivity index (χ0) is 25.5. The Hall–Kier alpha value is -3.73. The van der Waals surface area contributed by atoms with E-state index in [-0.39, 0.29) is 17.6 Å². The molecular formula is C33H32N2O2. The number of hydrogen-bond acceptors (Lipinski definition) is 4. The van der Waals surface area contributed by atoms with Gasteiger partial charge in [0.15, 0.2) is 0 Å². The van der Waals surface area contributed by atoms with Crippen LogP contribution in [0.2, 0.25) is 0 Å². The maximum Gasteiger partial charge on any atom is 0.203 e. The molecule has 0 aliphatic carbocycles. The van der Waals surface area contributed by atoms with Crippen molar-refractivity contribution in [3.63, 3.8) is 0 Å². The predicted octanol–water partition coefficient (Wildman–Crippen LogP) is 5.97. The van der Waals surface area contributed by atoms with E-state index in [2.05, 4.69) is 91.5 Å². The molecule has 186 valence electrons. The van der Waals surface area contributed by atoms with Gasteiger partial charge in [0.1, 0.15) is 12.6 Å². The number of hydrogen-bond donors (Lipinski definition) is 1. The van der Waals surface area contributed by atoms with Crippen molar-refractivity contribution in [2.45, 2.75) is 43.1 Å². The van der Waals surface area contributed by atoms with Gasteiger partial charge in [-0.25, -0.2) is 4.99 Å². The van der Waals surface area contributed by atoms with Crippen molar-refractivity contribution in [1.82, 2.24) is 4.90 Å². The monoisotopic (exact) mass is 488 g/mol. The Morgan fingerprint density at radius 1 is 0.757 bits per heavy atom. The number of aliphatic hydroxyl groups is 1. The minimum absolute atomic E-state index is 0.183. The van der Waals surface area contributed by atoms with Crippen LogP contribution in [0.4, 0.5) is 0 Å². The Kier molecular flexibility index (Phi) is 5.94. The summed E-state index contributed by atoms with van der Waals surface area (Å²) in [4.78, 5) is 7.40. The minimum Gasteiger partial charge on any atom is -0.477 e. The van der Waals surface area contributed by atoms with Crippen LogP contribution in [-0.4, -0.2) is 40.1 Å². The number of nitrogens with zero attached hydrogens (tertiary/aromatic N) is 2. The summed E-state index contributed by atoms with van der Waals surface area (Å²) in [7, 11) is 0. The lowest BCUT2D eigenvalue weighted by Crippen LogP contribution is -2.41. The highest BCUT2D eigenvalue weighted by molar-refractivity contribution is 5.88. The van der Waals surface area contributed by atoms with Crippen LogP contribution < -0.4 is 0 Å². The molecule has 37 heavy (non-hydrogen) atoms. The Balaban J connectivity index is 1.60. The zero-order valence-electron chi connectivity index (χ0n) is 21.2. The van der Waals surface area contributed by atoms with Crippen LogP contribution in [0, 0.1) is 0 Å². The molecule has 1 unspecified atom stereocenters. The molecule has 4 nitrogen and oxygen atoms in total. The third-order valence-corrected chi connectivity index (χ3v) is 7.52. The van der Waals surface area contributed by atoms with Gasteiger partial charge in [-0.2, -0.15) is 0 Å². The molecule has 0 saturated carbocycles. The van der Waals surface area contributed by atoms with Gasteiger partial charge < -0.3 is 9.84 Å². The van der Waals surface area contributed by atoms with Gasteiger partial charge in [0.2, 0.25) is 5.90 Å². The second-order valence-corrected chi connectivity index (χ2v) is 10.6. The Morgan fingerprint density at radius 3 is 1.59 bits per heavy atom. The van der Waals surface area contributed by atoms with Gasteiger partial charge in [-0.1, -0.05) is 121 Å². The van der Waals surface area contributed by atoms with Gasteiger partial charge in [-0.05, 0) is 36.1 Å². The summed E-state index contributed by atoms with van der Waals surface area (Å²) in [5.74, 6) is 0.706. The second kappa shape index (κ2) is 9.29. The van der Waals surface area contributed by atoms with Crippen LogP contribution in [0.1, 0.15) is 42.2 Å². The first-order valence-electron chi connectivity index (χ1n) is 12.9. The van der Waals surface area contributed by atoms with Crippen molar-refractivity contribution in [2.75, 3.05) is 6.61 Å². The maximum atomic E-state index is 11.8. The molecule has 2 aliphatic heterocycles. The Labute approximate surface area is 218 Å². The highest BCUT2D eigenvalue weighted by Crippen LogP contribution is 2.55. The second-order valence-electron chi connectivity index (χ2n) is 10.6. The molecule has 0 radical (unpaired) electrons. The van der Waals surface area contributed by atoms with Crippen LogP contribution in [0.5, 0.6) is 0 Å². The van der Waals surface area contributed by atoms with E-state index in [1.165, 1.54) is 0 Å². The molecule has 2 heterocycles. The van der Waals surface area contributed by atoms with Gasteiger partial charge in [-0.3, -0.25) is 4.90 Å². The third kappa shape index (κ3) is 4.07. The van der Waals surface area contributed by atoms with E-state index in [9.17, 15) is 5.11 Å². The molecule has 2 aliphatic rings. The molecule has 4 atom stereocenters. The highest BCUT2D eigenvalue weighted by atomic mass is 16.5. The molecule has 1 N–H and O–H groups in total. The highest BCUT2D eigenvalue weighted by Gasteiger charge is 2.66. The Bertz CT molecular complexity index is 1270. The fraction of sp³-hybridized carbons (Fsp3) is 0.242. The maximum absolute atomic E-state index is 11.8. The van der Waals surface area contributed by atoms with Gasteiger partial charge >= 0.3 is 0 Å². The van der Waals surface area contributed by atoms with E-state index in [4.69, 9.17) is 9.73 Å². The van der Waals surface area contributed by atoms with E-state index in [0.29, 0.717) is 12.5 Å². The topological polar surface area (TPSA) is 44.8 Å². The fourth-order valence-corrected chi connectivity index (χ4v) is 5.87. The number of benzene rings is 4. The fourth-order valence-electron chi connectivity index (χ4n) is 5.87. The van der Waals surface area contributed by atoms with Crippen molar-refractivity contribution in [1.29, 1.82) is 0 Å². The van der Waals surface area contributed by atoms with E-state index in [1.54, 1.807) is 0 Å². The molecule has 1 fully saturated rings. The van der Waals surface area contributed by atoms with Crippen LogP contribution in [0.15, 0.2) is 126 Å². The summed E-state index contributed by atoms with van der Waals surface area (Å²) >= 11 is 0. The first kappa shape index (κ1) is 23.7. The minimum atomic E-state index is -0.711. The lowest BCUT2D eigenvalue weighted by Gasteiger charge is -2.39. The van der Waals surface area contributed by atoms with Crippen molar-refractivity contribution < 1.29 is 9.84 Å². The largest absolute Gasteiger partial charge is 0.477 e. The first-order chi connectivity index (χ1) is 18.0. The van der Waals surface area contributed by atoms with Crippen LogP contribution in [0.3, 0.4) is 0 Å². The summed E-state index contributed by atoms with van der Waals surface area (Å²) < 4.78 is 6.24. The van der Waals surface area contributed by atoms with Crippen molar-refractivity contribution in [2.24, 2.45) is 4.99 Å². The van der Waals surface area contributed by atoms with E-state index < -0.39 is 11.6 Å². The zero-order valence-corrected chi connectivity index (χ0v) is 21.2. The molecular weight excluding hydrogens is 456 g/mol. The molecule has 0 aromatic heterocycles. The normalized spacial score (nSPS) is 23.1. The van der Waals surface area contributed by atoms with Crippen LogP contribution >= 0.6 is 0 Å². The molecule has 4 aromatic carbocycles. The lowest BCUT2D eigenvalue weighted by molar-refractivity contribution is 0.142. The van der Waals surface area contributed by atoms with Gasteiger partial charge in [-0.15, -0.1) is 0 Å². The van der Waals surface area contributed by atoms with Crippen molar-refractivity contribution in [3.8, 4) is 0 Å². The molecule has 1 saturated heterocycles. The number of aliphatic hydroxyl groups excluding tert-OH is 1. The van der Waals surface area contributed by atoms with E-state index in [0.717, 1.165) is 22.3 Å². The lowest BCUT2D eigenvalue weighted by atomic mass is 9.76. The molecule has 6 rings (SSSR count). The summed E-state index contributed by atoms with van der Waals surface area (Å²) in [5, 5.41) is 11.8. The third-order valence-electron chi connectivity index (χ3n) is 7.52. The standard InChI is InChI=1S/C33H32N2O2/c1-32(2)23-37-31(34-32)29-28(30(36)24-15-7-3-8-16-24)35(29)33(25-17-9-4-10-18-25,26-19-11-5-12-20-26)27-21-13-6-14-22-27/h3-22,28-30,36H,23H2,1-2H3/t28-,29+,30-,35?/m1/s1. The van der Waals surface area contributed by atoms with Gasteiger partial charge in [0.25, 0.3) is 0 Å². The summed E-state index contributed by atoms with van der Waals surface area (Å²) in [6.45, 7) is 4.72. The average Bonchev–Trinajstić information content (AvgIpc) is 3.58. The number of rotatable bonds is 7. The number of ether oxygens (including phenoxy) is 1. The average molecular weight is 489 g/mol. The van der Waals surface area contributed by atoms with Crippen molar-refractivity contribution >= 4 is 5.90 Å². The summed E-state index contributed by atoms with van der Waals surface area (Å²) in [5.41, 5.74) is 3.35. The van der Waals surface area contributed by atoms with Crippen molar-refractivity contribution in [3.05, 3.63) is 144 Å². The number of aliphatic imine (C=N–C) groups is 1. The van der Waals surface area contributed by atoms with Crippen LogP contribution in [-0.2, 0) is 10.3 Å². The Morgan fingerprint density at radius 2 is 1.19 bits per heavy atom. The van der Waals surface area contributed by atoms with Gasteiger partial charge in [0, 0.05) is 0 Å². The molecule has 0 bridgehead atoms. The summed E-state index contributed by atoms with van der Waals surface area (Å²) in [6, 6.07) is 41.3. The molecule has 4 aromatic rings. The smallest absolute Gasteiger partial charge is 0.203 e.